The molecule has 152 valence electrons. The second kappa shape index (κ2) is 11.2. The third kappa shape index (κ3) is 5.92. The van der Waals surface area contributed by atoms with Crippen LogP contribution in [0.1, 0.15) is 31.0 Å². The molecule has 7 nitrogen and oxygen atoms in total. The number of benzene rings is 1. The van der Waals surface area contributed by atoms with Gasteiger partial charge in [0, 0.05) is 49.8 Å². The highest BCUT2D eigenvalue weighted by molar-refractivity contribution is 5.69. The van der Waals surface area contributed by atoms with Crippen molar-refractivity contribution in [2.45, 2.75) is 32.6 Å². The molecule has 0 bridgehead atoms. The van der Waals surface area contributed by atoms with Crippen LogP contribution in [0.5, 0.6) is 0 Å². The fourth-order valence-electron chi connectivity index (χ4n) is 3.56. The average Bonchev–Trinajstić information content (AvgIpc) is 2.86. The number of fused-ring (bicyclic) bond motifs is 1. The Morgan fingerprint density at radius 3 is 2.61 bits per heavy atom. The summed E-state index contributed by atoms with van der Waals surface area (Å²) in [6.45, 7) is 5.04. The molecule has 0 saturated carbocycles. The van der Waals surface area contributed by atoms with Crippen molar-refractivity contribution < 1.29 is 19.4 Å². The van der Waals surface area contributed by atoms with Crippen LogP contribution in [0.25, 0.3) is 11.3 Å². The molecule has 1 aromatic heterocycles. The minimum absolute atomic E-state index is 0.0869. The van der Waals surface area contributed by atoms with Gasteiger partial charge in [-0.25, -0.2) is 0 Å². The van der Waals surface area contributed by atoms with E-state index < -0.39 is 0 Å². The number of carbonyl (C=O) groups is 2. The van der Waals surface area contributed by atoms with Crippen LogP contribution in [-0.4, -0.2) is 58.5 Å². The average molecular weight is 387 g/mol. The summed E-state index contributed by atoms with van der Waals surface area (Å²) in [7, 11) is 2.04. The highest BCUT2D eigenvalue weighted by Crippen LogP contribution is 2.27. The highest BCUT2D eigenvalue weighted by Gasteiger charge is 2.22. The fourth-order valence-corrected chi connectivity index (χ4v) is 3.56. The Balaban J connectivity index is 0.000000878. The summed E-state index contributed by atoms with van der Waals surface area (Å²) >= 11 is 0. The molecule has 3 rings (SSSR count). The van der Waals surface area contributed by atoms with E-state index in [4.69, 9.17) is 19.7 Å². The largest absolute Gasteiger partial charge is 0.483 e. The molecule has 0 atom stereocenters. The van der Waals surface area contributed by atoms with Crippen molar-refractivity contribution in [1.29, 1.82) is 0 Å². The molecule has 1 aliphatic heterocycles. The lowest BCUT2D eigenvalue weighted by molar-refractivity contribution is -0.143. The van der Waals surface area contributed by atoms with Crippen molar-refractivity contribution in [2.75, 3.05) is 26.2 Å². The van der Waals surface area contributed by atoms with Gasteiger partial charge in [0.2, 0.25) is 0 Å². The van der Waals surface area contributed by atoms with Crippen LogP contribution in [0.15, 0.2) is 30.3 Å². The summed E-state index contributed by atoms with van der Waals surface area (Å²) in [6, 6.07) is 10.4. The van der Waals surface area contributed by atoms with Crippen LogP contribution in [0.3, 0.4) is 0 Å². The lowest BCUT2D eigenvalue weighted by Gasteiger charge is -2.19. The summed E-state index contributed by atoms with van der Waals surface area (Å²) in [5, 5.41) is 11.7. The van der Waals surface area contributed by atoms with E-state index in [-0.39, 0.29) is 12.4 Å². The van der Waals surface area contributed by atoms with E-state index in [1.807, 2.05) is 24.7 Å². The molecule has 1 N–H and O–H groups in total. The number of ether oxygens (including phenoxy) is 1. The van der Waals surface area contributed by atoms with Gasteiger partial charge in [-0.3, -0.25) is 14.3 Å². The number of hydrogen-bond acceptors (Lipinski definition) is 5. The molecule has 28 heavy (non-hydrogen) atoms. The lowest BCUT2D eigenvalue weighted by Crippen LogP contribution is -2.28. The van der Waals surface area contributed by atoms with Gasteiger partial charge in [-0.15, -0.1) is 0 Å². The molecular weight excluding hydrogens is 358 g/mol. The van der Waals surface area contributed by atoms with Crippen molar-refractivity contribution in [3.05, 3.63) is 41.6 Å². The van der Waals surface area contributed by atoms with Crippen molar-refractivity contribution >= 4 is 12.4 Å². The molecule has 0 radical (unpaired) electrons. The molecule has 1 aliphatic rings. The molecule has 1 aromatic carbocycles. The molecule has 0 saturated heterocycles. The molecule has 7 heteroatoms. The van der Waals surface area contributed by atoms with Crippen LogP contribution < -0.4 is 0 Å². The topological polar surface area (TPSA) is 84.7 Å². The predicted molar refractivity (Wildman–Crippen MR) is 107 cm³/mol. The Bertz CT molecular complexity index is 759. The third-order valence-corrected chi connectivity index (χ3v) is 4.83. The van der Waals surface area contributed by atoms with Crippen LogP contribution in [-0.2, 0) is 34.2 Å². The second-order valence-corrected chi connectivity index (χ2v) is 6.62. The standard InChI is InChI=1S/C20H27N3O2.CH2O2/c1-3-25-19(24)10-7-13-23-14-11-17-18(12-15-23)22(2)21-20(17)16-8-5-4-6-9-16;2-1-3/h4-6,8-9H,3,7,10-15H2,1-2H3;1H,(H,2,3). The SMILES string of the molecule is CCOC(=O)CCCN1CCc2c(-c3ccccc3)nn(C)c2CC1.O=CO. The zero-order valence-corrected chi connectivity index (χ0v) is 16.6. The third-order valence-electron chi connectivity index (χ3n) is 4.83. The zero-order chi connectivity index (χ0) is 20.4. The van der Waals surface area contributed by atoms with Gasteiger partial charge >= 0.3 is 5.97 Å². The van der Waals surface area contributed by atoms with E-state index in [0.717, 1.165) is 44.6 Å². The monoisotopic (exact) mass is 387 g/mol. The number of carbonyl (C=O) groups excluding carboxylic acids is 1. The maximum Gasteiger partial charge on any atom is 0.305 e. The van der Waals surface area contributed by atoms with Gasteiger partial charge in [0.25, 0.3) is 6.47 Å². The van der Waals surface area contributed by atoms with Crippen LogP contribution in [0.2, 0.25) is 0 Å². The second-order valence-electron chi connectivity index (χ2n) is 6.62. The van der Waals surface area contributed by atoms with Crippen LogP contribution in [0.4, 0.5) is 0 Å². The summed E-state index contributed by atoms with van der Waals surface area (Å²) in [4.78, 5) is 22.3. The van der Waals surface area contributed by atoms with E-state index in [0.29, 0.717) is 13.0 Å². The maximum absolute atomic E-state index is 11.5. The first kappa shape index (κ1) is 21.6. The number of hydrogen-bond donors (Lipinski definition) is 1. The number of aryl methyl sites for hydroxylation is 1. The van der Waals surface area contributed by atoms with E-state index in [2.05, 4.69) is 29.2 Å². The van der Waals surface area contributed by atoms with Crippen molar-refractivity contribution in [1.82, 2.24) is 14.7 Å². The van der Waals surface area contributed by atoms with Crippen molar-refractivity contribution in [3.63, 3.8) is 0 Å². The van der Waals surface area contributed by atoms with Gasteiger partial charge in [0.05, 0.1) is 12.3 Å². The maximum atomic E-state index is 11.5. The van der Waals surface area contributed by atoms with E-state index >= 15 is 0 Å². The van der Waals surface area contributed by atoms with Gasteiger partial charge in [-0.2, -0.15) is 5.10 Å². The Hall–Kier alpha value is -2.67. The van der Waals surface area contributed by atoms with E-state index in [1.165, 1.54) is 16.8 Å². The Kier molecular flexibility index (Phi) is 8.68. The first-order valence-corrected chi connectivity index (χ1v) is 9.66. The molecule has 0 aliphatic carbocycles. The molecule has 2 heterocycles. The Morgan fingerprint density at radius 1 is 1.25 bits per heavy atom. The van der Waals surface area contributed by atoms with E-state index in [1.54, 1.807) is 0 Å². The van der Waals surface area contributed by atoms with Gasteiger partial charge in [0.1, 0.15) is 0 Å². The number of esters is 1. The normalized spacial score (nSPS) is 13.6. The molecule has 0 fully saturated rings. The molecule has 2 aromatic rings. The minimum atomic E-state index is -0.250. The summed E-state index contributed by atoms with van der Waals surface area (Å²) in [6.07, 6.45) is 3.38. The zero-order valence-electron chi connectivity index (χ0n) is 16.6. The van der Waals surface area contributed by atoms with Crippen molar-refractivity contribution in [2.24, 2.45) is 7.05 Å². The first-order chi connectivity index (χ1) is 13.6. The first-order valence-electron chi connectivity index (χ1n) is 9.66. The number of rotatable bonds is 6. The van der Waals surface area contributed by atoms with Gasteiger partial charge in [0.15, 0.2) is 0 Å². The summed E-state index contributed by atoms with van der Waals surface area (Å²) in [5.74, 6) is -0.0869. The summed E-state index contributed by atoms with van der Waals surface area (Å²) in [5.41, 5.74) is 5.02. The molecule has 0 amide bonds. The number of nitrogens with zero attached hydrogens (tertiary/aromatic N) is 3. The van der Waals surface area contributed by atoms with Crippen molar-refractivity contribution in [3.8, 4) is 11.3 Å². The highest BCUT2D eigenvalue weighted by atomic mass is 16.5. The quantitative estimate of drug-likeness (QED) is 0.606. The fraction of sp³-hybridized carbons (Fsp3) is 0.476. The Labute approximate surface area is 165 Å². The van der Waals surface area contributed by atoms with E-state index in [9.17, 15) is 4.79 Å². The molecular formula is C21H29N3O4. The Morgan fingerprint density at radius 2 is 1.93 bits per heavy atom. The van der Waals surface area contributed by atoms with Gasteiger partial charge in [-0.05, 0) is 26.3 Å². The van der Waals surface area contributed by atoms with Crippen LogP contribution in [0, 0.1) is 0 Å². The lowest BCUT2D eigenvalue weighted by atomic mass is 10.0. The van der Waals surface area contributed by atoms with Gasteiger partial charge in [-0.1, -0.05) is 30.3 Å². The molecule has 0 spiro atoms. The number of aromatic nitrogens is 2. The number of carboxylic acid groups (broad SMARTS) is 1. The summed E-state index contributed by atoms with van der Waals surface area (Å²) < 4.78 is 7.05. The minimum Gasteiger partial charge on any atom is -0.483 e. The molecule has 0 unspecified atom stereocenters. The predicted octanol–water partition coefficient (Wildman–Crippen LogP) is 2.53. The van der Waals surface area contributed by atoms with Gasteiger partial charge < -0.3 is 14.7 Å². The van der Waals surface area contributed by atoms with Crippen LogP contribution >= 0.6 is 0 Å². The smallest absolute Gasteiger partial charge is 0.305 e.